The largest absolute Gasteiger partial charge is 0.364 e. The van der Waals surface area contributed by atoms with E-state index in [0.717, 1.165) is 0 Å². The summed E-state index contributed by atoms with van der Waals surface area (Å²) < 4.78 is 30.3. The van der Waals surface area contributed by atoms with Crippen molar-refractivity contribution in [3.05, 3.63) is 23.8 Å². The molecule has 3 heterocycles. The fourth-order valence-corrected chi connectivity index (χ4v) is 5.05. The first kappa shape index (κ1) is 21.0. The minimum Gasteiger partial charge on any atom is -0.364 e. The summed E-state index contributed by atoms with van der Waals surface area (Å²) in [5.41, 5.74) is 6.08. The van der Waals surface area contributed by atoms with E-state index in [4.69, 9.17) is 5.73 Å². The van der Waals surface area contributed by atoms with E-state index < -0.39 is 21.8 Å². The predicted molar refractivity (Wildman–Crippen MR) is 104 cm³/mol. The smallest absolute Gasteiger partial charge is 0.271 e. The van der Waals surface area contributed by atoms with Gasteiger partial charge in [-0.15, -0.1) is 0 Å². The fraction of sp³-hybridized carbons (Fsp3) is 0.529. The highest BCUT2D eigenvalue weighted by Gasteiger charge is 2.35. The zero-order valence-electron chi connectivity index (χ0n) is 16.6. The Morgan fingerprint density at radius 3 is 2.69 bits per heavy atom. The van der Waals surface area contributed by atoms with Gasteiger partial charge in [0.05, 0.1) is 23.5 Å². The predicted octanol–water partition coefficient (Wildman–Crippen LogP) is 0.0832. The van der Waals surface area contributed by atoms with Crippen LogP contribution in [0, 0.1) is 12.8 Å². The topological polar surface area (TPSA) is 145 Å². The second-order valence-electron chi connectivity index (χ2n) is 7.02. The van der Waals surface area contributed by atoms with Gasteiger partial charge in [0, 0.05) is 32.9 Å². The van der Waals surface area contributed by atoms with Crippen molar-refractivity contribution in [2.45, 2.75) is 38.1 Å². The summed E-state index contributed by atoms with van der Waals surface area (Å²) in [6.07, 6.45) is 3.95. The summed E-state index contributed by atoms with van der Waals surface area (Å²) in [5.74, 6) is -1.67. The molecule has 0 aliphatic carbocycles. The number of amides is 2. The average Bonchev–Trinajstić information content (AvgIpc) is 3.25. The van der Waals surface area contributed by atoms with Gasteiger partial charge in [-0.2, -0.15) is 14.5 Å². The van der Waals surface area contributed by atoms with Gasteiger partial charge in [-0.1, -0.05) is 0 Å². The molecule has 158 valence electrons. The third kappa shape index (κ3) is 4.03. The average molecular weight is 423 g/mol. The van der Waals surface area contributed by atoms with Crippen molar-refractivity contribution in [1.82, 2.24) is 23.9 Å². The first-order valence-electron chi connectivity index (χ1n) is 9.32. The van der Waals surface area contributed by atoms with E-state index >= 15 is 0 Å². The Morgan fingerprint density at radius 1 is 1.38 bits per heavy atom. The number of anilines is 1. The van der Waals surface area contributed by atoms with Gasteiger partial charge in [-0.25, -0.2) is 8.42 Å². The lowest BCUT2D eigenvalue weighted by Crippen LogP contribution is -2.43. The van der Waals surface area contributed by atoms with Crippen LogP contribution in [0.25, 0.3) is 0 Å². The Hall–Kier alpha value is -2.73. The van der Waals surface area contributed by atoms with E-state index in [1.807, 2.05) is 6.92 Å². The molecule has 1 aliphatic heterocycles. The first-order valence-corrected chi connectivity index (χ1v) is 10.8. The van der Waals surface area contributed by atoms with Gasteiger partial charge in [-0.05, 0) is 26.7 Å². The number of carbonyl (C=O) groups excluding carboxylic acids is 2. The van der Waals surface area contributed by atoms with E-state index in [-0.39, 0.29) is 28.7 Å². The van der Waals surface area contributed by atoms with Gasteiger partial charge in [0.2, 0.25) is 15.9 Å². The van der Waals surface area contributed by atoms with Crippen LogP contribution in [0.15, 0.2) is 17.3 Å². The highest BCUT2D eigenvalue weighted by molar-refractivity contribution is 7.89. The van der Waals surface area contributed by atoms with Gasteiger partial charge in [0.15, 0.2) is 5.69 Å². The van der Waals surface area contributed by atoms with Crippen molar-refractivity contribution >= 4 is 27.5 Å². The Morgan fingerprint density at radius 2 is 2.10 bits per heavy atom. The molecule has 1 aliphatic rings. The minimum absolute atomic E-state index is 0.0218. The molecule has 12 heteroatoms. The molecule has 0 radical (unpaired) electrons. The number of aromatic nitrogens is 4. The first-order chi connectivity index (χ1) is 13.6. The number of aryl methyl sites for hydroxylation is 2. The van der Waals surface area contributed by atoms with Crippen molar-refractivity contribution in [3.63, 3.8) is 0 Å². The van der Waals surface area contributed by atoms with Crippen LogP contribution in [-0.2, 0) is 28.4 Å². The molecule has 2 aromatic heterocycles. The van der Waals surface area contributed by atoms with Gasteiger partial charge >= 0.3 is 0 Å². The molecular weight excluding hydrogens is 398 g/mol. The summed E-state index contributed by atoms with van der Waals surface area (Å²) in [6.45, 7) is 4.42. The molecule has 0 aromatic carbocycles. The van der Waals surface area contributed by atoms with Crippen LogP contribution in [0.3, 0.4) is 0 Å². The molecule has 2 aromatic rings. The molecule has 0 bridgehead atoms. The van der Waals surface area contributed by atoms with Crippen LogP contribution in [-0.4, -0.2) is 57.2 Å². The van der Waals surface area contributed by atoms with Crippen molar-refractivity contribution in [3.8, 4) is 0 Å². The molecule has 11 nitrogen and oxygen atoms in total. The monoisotopic (exact) mass is 423 g/mol. The van der Waals surface area contributed by atoms with Gasteiger partial charge in [0.25, 0.3) is 5.91 Å². The second-order valence-corrected chi connectivity index (χ2v) is 8.93. The van der Waals surface area contributed by atoms with E-state index in [0.29, 0.717) is 31.6 Å². The van der Waals surface area contributed by atoms with E-state index in [9.17, 15) is 18.0 Å². The zero-order chi connectivity index (χ0) is 21.3. The third-order valence-electron chi connectivity index (χ3n) is 5.14. The number of sulfonamides is 1. The maximum absolute atomic E-state index is 13.0. The number of rotatable bonds is 6. The molecule has 29 heavy (non-hydrogen) atoms. The number of nitrogens with two attached hydrogens (primary N) is 1. The molecule has 0 saturated carbocycles. The SMILES string of the molecule is CCn1cc(NC(=O)[C@H]2CCCN(S(=O)(=O)c3cnn(C)c3C)C2)c(C(N)=O)n1. The summed E-state index contributed by atoms with van der Waals surface area (Å²) in [5, 5.41) is 10.7. The van der Waals surface area contributed by atoms with Crippen molar-refractivity contribution in [2.75, 3.05) is 18.4 Å². The Kier molecular flexibility index (Phi) is 5.75. The molecule has 0 unspecified atom stereocenters. The number of hydrogen-bond acceptors (Lipinski definition) is 6. The van der Waals surface area contributed by atoms with Gasteiger partial charge in [-0.3, -0.25) is 19.0 Å². The maximum Gasteiger partial charge on any atom is 0.271 e. The van der Waals surface area contributed by atoms with Gasteiger partial charge < -0.3 is 11.1 Å². The Labute approximate surface area is 168 Å². The Balaban J connectivity index is 1.77. The van der Waals surface area contributed by atoms with E-state index in [1.54, 1.807) is 14.0 Å². The van der Waals surface area contributed by atoms with E-state index in [2.05, 4.69) is 15.5 Å². The normalized spacial score (nSPS) is 18.0. The molecule has 1 saturated heterocycles. The highest BCUT2D eigenvalue weighted by Crippen LogP contribution is 2.26. The second kappa shape index (κ2) is 7.95. The lowest BCUT2D eigenvalue weighted by molar-refractivity contribution is -0.120. The summed E-state index contributed by atoms with van der Waals surface area (Å²) in [7, 11) is -2.08. The van der Waals surface area contributed by atoms with Crippen molar-refractivity contribution in [1.29, 1.82) is 0 Å². The van der Waals surface area contributed by atoms with Crippen LogP contribution in [0.5, 0.6) is 0 Å². The number of nitrogens with zero attached hydrogens (tertiary/aromatic N) is 5. The summed E-state index contributed by atoms with van der Waals surface area (Å²) >= 11 is 0. The lowest BCUT2D eigenvalue weighted by atomic mass is 9.99. The number of primary amides is 1. The standard InChI is InChI=1S/C17H25N7O4S/c1-4-23-10-13(15(21-23)16(18)25)20-17(26)12-6-5-7-24(9-12)29(27,28)14-8-19-22(3)11(14)2/h8,10,12H,4-7,9H2,1-3H3,(H2,18,25)(H,20,26)/t12-/m0/s1. The van der Waals surface area contributed by atoms with Crippen molar-refractivity contribution < 1.29 is 18.0 Å². The van der Waals surface area contributed by atoms with Crippen LogP contribution >= 0.6 is 0 Å². The zero-order valence-corrected chi connectivity index (χ0v) is 17.4. The van der Waals surface area contributed by atoms with Gasteiger partial charge in [0.1, 0.15) is 4.90 Å². The highest BCUT2D eigenvalue weighted by atomic mass is 32.2. The quantitative estimate of drug-likeness (QED) is 0.673. The van der Waals surface area contributed by atoms with Crippen LogP contribution in [0.4, 0.5) is 5.69 Å². The lowest BCUT2D eigenvalue weighted by Gasteiger charge is -2.31. The van der Waals surface area contributed by atoms with Crippen LogP contribution in [0.2, 0.25) is 0 Å². The fourth-order valence-electron chi connectivity index (χ4n) is 3.34. The van der Waals surface area contributed by atoms with E-state index in [1.165, 1.54) is 26.1 Å². The van der Waals surface area contributed by atoms with Crippen LogP contribution < -0.4 is 11.1 Å². The number of hydrogen-bond donors (Lipinski definition) is 2. The molecule has 3 N–H and O–H groups in total. The van der Waals surface area contributed by atoms with Crippen LogP contribution in [0.1, 0.15) is 35.9 Å². The number of carbonyl (C=O) groups is 2. The molecule has 0 spiro atoms. The molecule has 3 rings (SSSR count). The summed E-state index contributed by atoms with van der Waals surface area (Å²) in [4.78, 5) is 24.5. The molecule has 1 fully saturated rings. The number of nitrogens with one attached hydrogen (secondary N) is 1. The van der Waals surface area contributed by atoms with Crippen molar-refractivity contribution in [2.24, 2.45) is 18.7 Å². The maximum atomic E-state index is 13.0. The minimum atomic E-state index is -3.75. The third-order valence-corrected chi connectivity index (χ3v) is 7.11. The summed E-state index contributed by atoms with van der Waals surface area (Å²) in [6, 6.07) is 0. The molecule has 2 amide bonds. The molecule has 1 atom stereocenters. The molecular formula is C17H25N7O4S. The number of piperidine rings is 1. The Bertz CT molecular complexity index is 1040.